The van der Waals surface area contributed by atoms with Crippen LogP contribution < -0.4 is 10.5 Å². The lowest BCUT2D eigenvalue weighted by molar-refractivity contribution is 0.479. The highest BCUT2D eigenvalue weighted by atomic mass is 32.1. The molecular formula is C15H13N3OS. The predicted octanol–water partition coefficient (Wildman–Crippen LogP) is 3.46. The molecule has 0 bridgehead atoms. The molecule has 1 aromatic heterocycles. The Morgan fingerprint density at radius 1 is 0.950 bits per heavy atom. The standard InChI is InChI=1S/C15H13N3OS/c16-9-11-1-3-12(4-2-11)13-5-7-14(8-6-13)19-15-17-10-18-20-15/h1-8,10H,9,16H2. The number of nitrogens with two attached hydrogens (primary N) is 1. The molecule has 0 aliphatic heterocycles. The number of nitrogens with zero attached hydrogens (tertiary/aromatic N) is 2. The number of rotatable bonds is 4. The van der Waals surface area contributed by atoms with Gasteiger partial charge in [0.2, 0.25) is 0 Å². The topological polar surface area (TPSA) is 61.0 Å². The average molecular weight is 283 g/mol. The summed E-state index contributed by atoms with van der Waals surface area (Å²) in [5.41, 5.74) is 9.02. The van der Waals surface area contributed by atoms with Gasteiger partial charge in [0.25, 0.3) is 5.19 Å². The van der Waals surface area contributed by atoms with Crippen LogP contribution in [0.25, 0.3) is 11.1 Å². The van der Waals surface area contributed by atoms with Gasteiger partial charge in [-0.2, -0.15) is 9.36 Å². The fourth-order valence-electron chi connectivity index (χ4n) is 1.86. The summed E-state index contributed by atoms with van der Waals surface area (Å²) in [6.07, 6.45) is 1.48. The summed E-state index contributed by atoms with van der Waals surface area (Å²) in [5.74, 6) is 0.754. The first kappa shape index (κ1) is 12.8. The zero-order valence-corrected chi connectivity index (χ0v) is 11.5. The molecule has 3 rings (SSSR count). The Morgan fingerprint density at radius 2 is 1.60 bits per heavy atom. The summed E-state index contributed by atoms with van der Waals surface area (Å²) >= 11 is 1.23. The second-order valence-electron chi connectivity index (χ2n) is 4.23. The summed E-state index contributed by atoms with van der Waals surface area (Å²) < 4.78 is 9.47. The first-order chi connectivity index (χ1) is 9.85. The molecule has 0 amide bonds. The van der Waals surface area contributed by atoms with Crippen molar-refractivity contribution in [1.82, 2.24) is 9.36 Å². The van der Waals surface area contributed by atoms with Crippen molar-refractivity contribution in [3.05, 3.63) is 60.4 Å². The van der Waals surface area contributed by atoms with E-state index in [0.717, 1.165) is 22.4 Å². The molecule has 0 spiro atoms. The molecule has 100 valence electrons. The number of hydrogen-bond donors (Lipinski definition) is 1. The van der Waals surface area contributed by atoms with Gasteiger partial charge in [0, 0.05) is 18.1 Å². The van der Waals surface area contributed by atoms with Crippen molar-refractivity contribution >= 4 is 11.5 Å². The van der Waals surface area contributed by atoms with Crippen LogP contribution >= 0.6 is 11.5 Å². The minimum absolute atomic E-state index is 0.546. The van der Waals surface area contributed by atoms with Crippen molar-refractivity contribution in [2.45, 2.75) is 6.54 Å². The van der Waals surface area contributed by atoms with Crippen molar-refractivity contribution in [2.24, 2.45) is 5.73 Å². The van der Waals surface area contributed by atoms with Gasteiger partial charge in [-0.15, -0.1) is 0 Å². The van der Waals surface area contributed by atoms with Gasteiger partial charge in [0.15, 0.2) is 0 Å². The molecular weight excluding hydrogens is 270 g/mol. The summed E-state index contributed by atoms with van der Waals surface area (Å²) in [5, 5.41) is 0.546. The number of hydrogen-bond acceptors (Lipinski definition) is 5. The van der Waals surface area contributed by atoms with Gasteiger partial charge < -0.3 is 10.5 Å². The fourth-order valence-corrected chi connectivity index (χ4v) is 2.27. The summed E-state index contributed by atoms with van der Waals surface area (Å²) in [6, 6.07) is 16.1. The quantitative estimate of drug-likeness (QED) is 0.796. The van der Waals surface area contributed by atoms with E-state index in [0.29, 0.717) is 11.7 Å². The molecule has 5 heteroatoms. The molecule has 0 radical (unpaired) electrons. The van der Waals surface area contributed by atoms with Crippen molar-refractivity contribution in [1.29, 1.82) is 0 Å². The minimum atomic E-state index is 0.546. The van der Waals surface area contributed by atoms with E-state index in [1.54, 1.807) is 0 Å². The highest BCUT2D eigenvalue weighted by Gasteiger charge is 2.02. The van der Waals surface area contributed by atoms with Gasteiger partial charge in [-0.05, 0) is 28.8 Å². The van der Waals surface area contributed by atoms with E-state index in [1.165, 1.54) is 17.9 Å². The lowest BCUT2D eigenvalue weighted by Crippen LogP contribution is -1.95. The van der Waals surface area contributed by atoms with Crippen LogP contribution in [0, 0.1) is 0 Å². The van der Waals surface area contributed by atoms with Crippen molar-refractivity contribution < 1.29 is 4.74 Å². The molecule has 0 fully saturated rings. The Morgan fingerprint density at radius 3 is 2.15 bits per heavy atom. The molecule has 1 heterocycles. The van der Waals surface area contributed by atoms with E-state index in [2.05, 4.69) is 21.5 Å². The Balaban J connectivity index is 1.78. The zero-order chi connectivity index (χ0) is 13.8. The van der Waals surface area contributed by atoms with Gasteiger partial charge in [-0.1, -0.05) is 36.4 Å². The summed E-state index contributed by atoms with van der Waals surface area (Å²) in [4.78, 5) is 3.98. The third-order valence-electron chi connectivity index (χ3n) is 2.92. The molecule has 2 N–H and O–H groups in total. The monoisotopic (exact) mass is 283 g/mol. The molecule has 0 aliphatic carbocycles. The maximum Gasteiger partial charge on any atom is 0.298 e. The first-order valence-corrected chi connectivity index (χ1v) is 6.96. The summed E-state index contributed by atoms with van der Waals surface area (Å²) in [6.45, 7) is 0.564. The summed E-state index contributed by atoms with van der Waals surface area (Å²) in [7, 11) is 0. The Hall–Kier alpha value is -2.24. The SMILES string of the molecule is NCc1ccc(-c2ccc(Oc3ncns3)cc2)cc1. The molecule has 0 atom stereocenters. The Labute approximate surface area is 121 Å². The Bertz CT molecular complexity index is 663. The first-order valence-electron chi connectivity index (χ1n) is 6.19. The highest BCUT2D eigenvalue weighted by molar-refractivity contribution is 7.07. The van der Waals surface area contributed by atoms with Gasteiger partial charge >= 0.3 is 0 Å². The zero-order valence-electron chi connectivity index (χ0n) is 10.7. The largest absolute Gasteiger partial charge is 0.430 e. The molecule has 0 aliphatic rings. The lowest BCUT2D eigenvalue weighted by atomic mass is 10.0. The van der Waals surface area contributed by atoms with Gasteiger partial charge in [0.05, 0.1) is 0 Å². The van der Waals surface area contributed by atoms with Crippen LogP contribution in [0.1, 0.15) is 5.56 Å². The van der Waals surface area contributed by atoms with Crippen LogP contribution in [-0.4, -0.2) is 9.36 Å². The average Bonchev–Trinajstić information content (AvgIpc) is 3.01. The smallest absolute Gasteiger partial charge is 0.298 e. The molecule has 0 saturated heterocycles. The number of aromatic nitrogens is 2. The van der Waals surface area contributed by atoms with Crippen LogP contribution in [0.4, 0.5) is 0 Å². The van der Waals surface area contributed by atoms with E-state index >= 15 is 0 Å². The van der Waals surface area contributed by atoms with Gasteiger partial charge in [-0.3, -0.25) is 0 Å². The van der Waals surface area contributed by atoms with Gasteiger partial charge in [0.1, 0.15) is 12.1 Å². The fraction of sp³-hybridized carbons (Fsp3) is 0.0667. The van der Waals surface area contributed by atoms with Crippen LogP contribution in [0.5, 0.6) is 10.9 Å². The molecule has 0 saturated carbocycles. The van der Waals surface area contributed by atoms with Gasteiger partial charge in [-0.25, -0.2) is 0 Å². The van der Waals surface area contributed by atoms with E-state index in [4.69, 9.17) is 10.5 Å². The van der Waals surface area contributed by atoms with Crippen molar-refractivity contribution in [3.63, 3.8) is 0 Å². The highest BCUT2D eigenvalue weighted by Crippen LogP contribution is 2.26. The maximum absolute atomic E-state index is 5.60. The van der Waals surface area contributed by atoms with Crippen LogP contribution in [0.15, 0.2) is 54.9 Å². The Kier molecular flexibility index (Phi) is 3.71. The minimum Gasteiger partial charge on any atom is -0.430 e. The molecule has 3 aromatic rings. The lowest BCUT2D eigenvalue weighted by Gasteiger charge is -2.05. The van der Waals surface area contributed by atoms with E-state index in [9.17, 15) is 0 Å². The third-order valence-corrected chi connectivity index (χ3v) is 3.47. The van der Waals surface area contributed by atoms with Crippen LogP contribution in [0.2, 0.25) is 0 Å². The molecule has 4 nitrogen and oxygen atoms in total. The predicted molar refractivity (Wildman–Crippen MR) is 79.8 cm³/mol. The van der Waals surface area contributed by atoms with Crippen molar-refractivity contribution in [2.75, 3.05) is 0 Å². The molecule has 0 unspecified atom stereocenters. The van der Waals surface area contributed by atoms with Crippen LogP contribution in [0.3, 0.4) is 0 Å². The normalized spacial score (nSPS) is 10.4. The van der Waals surface area contributed by atoms with E-state index in [1.807, 2.05) is 36.4 Å². The van der Waals surface area contributed by atoms with E-state index in [-0.39, 0.29) is 0 Å². The molecule has 20 heavy (non-hydrogen) atoms. The van der Waals surface area contributed by atoms with Crippen LogP contribution in [-0.2, 0) is 6.54 Å². The second kappa shape index (κ2) is 5.81. The van der Waals surface area contributed by atoms with Crippen molar-refractivity contribution in [3.8, 4) is 22.1 Å². The maximum atomic E-state index is 5.60. The van der Waals surface area contributed by atoms with E-state index < -0.39 is 0 Å². The third kappa shape index (κ3) is 2.84. The number of benzene rings is 2. The number of ether oxygens (including phenoxy) is 1. The second-order valence-corrected chi connectivity index (χ2v) is 4.98. The molecule has 2 aromatic carbocycles.